The number of amides is 2. The number of hydrogen-bond donors (Lipinski definition) is 3. The van der Waals surface area contributed by atoms with Crippen molar-refractivity contribution in [2.24, 2.45) is 5.92 Å². The lowest BCUT2D eigenvalue weighted by atomic mass is 9.92. The smallest absolute Gasteiger partial charge is 0.245 e. The molecule has 8 heteroatoms. The van der Waals surface area contributed by atoms with Crippen LogP contribution < -0.4 is 16.0 Å². The molecule has 0 bridgehead atoms. The van der Waals surface area contributed by atoms with Crippen LogP contribution in [0.5, 0.6) is 0 Å². The van der Waals surface area contributed by atoms with Gasteiger partial charge in [-0.2, -0.15) is 0 Å². The van der Waals surface area contributed by atoms with Crippen LogP contribution in [0.25, 0.3) is 0 Å². The standard InChI is InChI=1S/C33H46ClN5O2/c1-23(2)22-39(28-12-15-35-21-28)27-13-17-38(18-14-27)33(41)31(19-24-7-9-26(34)10-8-24)37-32(40)20-30-29-6-4-3-5-25(29)11-16-36-30/h3-10,23,27-28,30-31,35-36H,11-22H2,1-2H3,(H,37,40). The lowest BCUT2D eigenvalue weighted by Crippen LogP contribution is -2.55. The van der Waals surface area contributed by atoms with Gasteiger partial charge >= 0.3 is 0 Å². The predicted molar refractivity (Wildman–Crippen MR) is 165 cm³/mol. The molecule has 3 N–H and O–H groups in total. The molecule has 3 aliphatic rings. The Bertz CT molecular complexity index is 1160. The highest BCUT2D eigenvalue weighted by atomic mass is 35.5. The molecular formula is C33H46ClN5O2. The van der Waals surface area contributed by atoms with E-state index in [4.69, 9.17) is 11.6 Å². The van der Waals surface area contributed by atoms with Gasteiger partial charge in [0.05, 0.1) is 0 Å². The third-order valence-corrected chi connectivity index (χ3v) is 9.17. The topological polar surface area (TPSA) is 76.7 Å². The van der Waals surface area contributed by atoms with Crippen molar-refractivity contribution in [1.82, 2.24) is 25.8 Å². The number of fused-ring (bicyclic) bond motifs is 1. The monoisotopic (exact) mass is 579 g/mol. The molecule has 0 saturated carbocycles. The molecule has 3 aliphatic heterocycles. The van der Waals surface area contributed by atoms with Gasteiger partial charge in [0, 0.05) is 62.2 Å². The van der Waals surface area contributed by atoms with Crippen molar-refractivity contribution in [2.75, 3.05) is 39.3 Å². The lowest BCUT2D eigenvalue weighted by Gasteiger charge is -2.42. The van der Waals surface area contributed by atoms with E-state index in [1.165, 1.54) is 17.5 Å². The van der Waals surface area contributed by atoms with Crippen LogP contribution in [0.2, 0.25) is 5.02 Å². The largest absolute Gasteiger partial charge is 0.344 e. The van der Waals surface area contributed by atoms with Gasteiger partial charge in [-0.15, -0.1) is 0 Å². The summed E-state index contributed by atoms with van der Waals surface area (Å²) < 4.78 is 0. The summed E-state index contributed by atoms with van der Waals surface area (Å²) in [7, 11) is 0. The fraction of sp³-hybridized carbons (Fsp3) is 0.576. The average Bonchev–Trinajstić information content (AvgIpc) is 3.51. The Morgan fingerprint density at radius 3 is 2.49 bits per heavy atom. The summed E-state index contributed by atoms with van der Waals surface area (Å²) in [6.07, 6.45) is 4.86. The highest BCUT2D eigenvalue weighted by molar-refractivity contribution is 6.30. The zero-order valence-electron chi connectivity index (χ0n) is 24.6. The number of carbonyl (C=O) groups excluding carboxylic acids is 2. The molecule has 3 unspecified atom stereocenters. The number of piperidine rings is 1. The van der Waals surface area contributed by atoms with Crippen molar-refractivity contribution < 1.29 is 9.59 Å². The number of carbonyl (C=O) groups is 2. The second-order valence-corrected chi connectivity index (χ2v) is 12.8. The zero-order valence-corrected chi connectivity index (χ0v) is 25.3. The van der Waals surface area contributed by atoms with Crippen LogP contribution in [0.3, 0.4) is 0 Å². The second-order valence-electron chi connectivity index (χ2n) is 12.4. The first-order chi connectivity index (χ1) is 19.9. The van der Waals surface area contributed by atoms with Crippen LogP contribution in [0.15, 0.2) is 48.5 Å². The van der Waals surface area contributed by atoms with Crippen molar-refractivity contribution in [2.45, 2.75) is 76.5 Å². The first-order valence-electron chi connectivity index (χ1n) is 15.5. The average molecular weight is 580 g/mol. The Labute approximate surface area is 250 Å². The third kappa shape index (κ3) is 7.89. The molecule has 41 heavy (non-hydrogen) atoms. The summed E-state index contributed by atoms with van der Waals surface area (Å²) in [5.41, 5.74) is 3.46. The Kier molecular flexibility index (Phi) is 10.4. The van der Waals surface area contributed by atoms with Gasteiger partial charge in [-0.1, -0.05) is 61.8 Å². The third-order valence-electron chi connectivity index (χ3n) is 8.92. The number of rotatable bonds is 10. The van der Waals surface area contributed by atoms with Gasteiger partial charge in [0.1, 0.15) is 6.04 Å². The molecule has 7 nitrogen and oxygen atoms in total. The maximum absolute atomic E-state index is 14.0. The summed E-state index contributed by atoms with van der Waals surface area (Å²) in [6, 6.07) is 16.3. The summed E-state index contributed by atoms with van der Waals surface area (Å²) in [4.78, 5) is 32.0. The van der Waals surface area contributed by atoms with E-state index in [-0.39, 0.29) is 17.9 Å². The van der Waals surface area contributed by atoms with Crippen molar-refractivity contribution in [1.29, 1.82) is 0 Å². The van der Waals surface area contributed by atoms with E-state index in [0.717, 1.165) is 64.1 Å². The van der Waals surface area contributed by atoms with Crippen LogP contribution >= 0.6 is 11.6 Å². The zero-order chi connectivity index (χ0) is 28.8. The fourth-order valence-corrected chi connectivity index (χ4v) is 6.97. The molecular weight excluding hydrogens is 534 g/mol. The van der Waals surface area contributed by atoms with Gasteiger partial charge < -0.3 is 20.9 Å². The summed E-state index contributed by atoms with van der Waals surface area (Å²) in [5, 5.41) is 10.8. The molecule has 0 aromatic heterocycles. The van der Waals surface area contributed by atoms with E-state index in [1.807, 2.05) is 35.2 Å². The molecule has 0 aliphatic carbocycles. The van der Waals surface area contributed by atoms with Crippen molar-refractivity contribution in [3.05, 3.63) is 70.2 Å². The molecule has 0 spiro atoms. The minimum absolute atomic E-state index is 0.0155. The Morgan fingerprint density at radius 2 is 1.78 bits per heavy atom. The van der Waals surface area contributed by atoms with Gasteiger partial charge in [-0.25, -0.2) is 0 Å². The number of nitrogens with zero attached hydrogens (tertiary/aromatic N) is 2. The van der Waals surface area contributed by atoms with Crippen LogP contribution in [0, 0.1) is 5.92 Å². The lowest BCUT2D eigenvalue weighted by molar-refractivity contribution is -0.138. The van der Waals surface area contributed by atoms with Crippen molar-refractivity contribution in [3.63, 3.8) is 0 Å². The molecule has 2 aromatic carbocycles. The maximum Gasteiger partial charge on any atom is 0.245 e. The minimum atomic E-state index is -0.607. The molecule has 5 rings (SSSR count). The van der Waals surface area contributed by atoms with Gasteiger partial charge in [-0.05, 0) is 73.5 Å². The molecule has 3 heterocycles. The van der Waals surface area contributed by atoms with Crippen molar-refractivity contribution >= 4 is 23.4 Å². The molecule has 2 aromatic rings. The fourth-order valence-electron chi connectivity index (χ4n) is 6.85. The SMILES string of the molecule is CC(C)CN(C1CCN(C(=O)C(Cc2ccc(Cl)cc2)NC(=O)CC2NCCc3ccccc32)CC1)C1CCNC1. The first kappa shape index (κ1) is 30.0. The number of hydrogen-bond acceptors (Lipinski definition) is 5. The van der Waals surface area contributed by atoms with E-state index in [0.29, 0.717) is 35.9 Å². The van der Waals surface area contributed by atoms with Crippen molar-refractivity contribution in [3.8, 4) is 0 Å². The van der Waals surface area contributed by atoms with Crippen LogP contribution in [-0.2, 0) is 22.4 Å². The van der Waals surface area contributed by atoms with E-state index >= 15 is 0 Å². The highest BCUT2D eigenvalue weighted by Crippen LogP contribution is 2.26. The normalized spacial score (nSPS) is 22.1. The Hall–Kier alpha value is -2.45. The van der Waals surface area contributed by atoms with Crippen LogP contribution in [0.1, 0.15) is 62.3 Å². The summed E-state index contributed by atoms with van der Waals surface area (Å²) in [6.45, 7) is 10.1. The summed E-state index contributed by atoms with van der Waals surface area (Å²) in [5.74, 6) is 0.528. The molecule has 222 valence electrons. The Balaban J connectivity index is 1.25. The molecule has 2 saturated heterocycles. The molecule has 0 radical (unpaired) electrons. The first-order valence-corrected chi connectivity index (χ1v) is 15.9. The van der Waals surface area contributed by atoms with E-state index < -0.39 is 6.04 Å². The number of nitrogens with one attached hydrogen (secondary N) is 3. The van der Waals surface area contributed by atoms with Crippen LogP contribution in [-0.4, -0.2) is 79.0 Å². The van der Waals surface area contributed by atoms with Gasteiger partial charge in [0.25, 0.3) is 0 Å². The highest BCUT2D eigenvalue weighted by Gasteiger charge is 2.35. The quantitative estimate of drug-likeness (QED) is 0.397. The Morgan fingerprint density at radius 1 is 1.02 bits per heavy atom. The van der Waals surface area contributed by atoms with Crippen LogP contribution in [0.4, 0.5) is 0 Å². The number of likely N-dealkylation sites (tertiary alicyclic amines) is 1. The van der Waals surface area contributed by atoms with Gasteiger partial charge in [0.2, 0.25) is 11.8 Å². The van der Waals surface area contributed by atoms with Gasteiger partial charge in [-0.3, -0.25) is 14.5 Å². The summed E-state index contributed by atoms with van der Waals surface area (Å²) >= 11 is 6.12. The number of halogens is 1. The van der Waals surface area contributed by atoms with E-state index in [2.05, 4.69) is 52.9 Å². The minimum Gasteiger partial charge on any atom is -0.344 e. The van der Waals surface area contributed by atoms with E-state index in [1.54, 1.807) is 0 Å². The number of benzene rings is 2. The van der Waals surface area contributed by atoms with E-state index in [9.17, 15) is 9.59 Å². The second kappa shape index (κ2) is 14.1. The molecule has 2 amide bonds. The van der Waals surface area contributed by atoms with Gasteiger partial charge in [0.15, 0.2) is 0 Å². The molecule has 3 atom stereocenters. The molecule has 2 fully saturated rings. The maximum atomic E-state index is 14.0. The predicted octanol–water partition coefficient (Wildman–Crippen LogP) is 3.96.